The highest BCUT2D eigenvalue weighted by Gasteiger charge is 2.17. The molecule has 0 fully saturated rings. The summed E-state index contributed by atoms with van der Waals surface area (Å²) < 4.78 is 10.3. The first-order valence-electron chi connectivity index (χ1n) is 12.1. The Morgan fingerprint density at radius 1 is 0.806 bits per heavy atom. The molecule has 0 saturated carbocycles. The number of nitrogens with one attached hydrogen (secondary N) is 2. The molecule has 2 aromatic rings. The molecule has 0 aliphatic rings. The standard InChI is InChI=1S/C14H22N2O2.C14H18N2O2/c2*1-5-10-6-7-12(8-11(10)9-15)16-13(17)18-14(2,3)4/h6-8H,5,9,15H2,1-4H3,(H,16,17);6-8H,5H2,1-4H3,(H,16,17). The lowest BCUT2D eigenvalue weighted by atomic mass is 10.0. The van der Waals surface area contributed by atoms with Gasteiger partial charge in [0.2, 0.25) is 0 Å². The number of rotatable bonds is 5. The maximum Gasteiger partial charge on any atom is 0.412 e. The number of hydrogen-bond donors (Lipinski definition) is 3. The number of hydrogen-bond acceptors (Lipinski definition) is 6. The first-order valence-corrected chi connectivity index (χ1v) is 12.1. The smallest absolute Gasteiger partial charge is 0.412 e. The van der Waals surface area contributed by atoms with E-state index in [4.69, 9.17) is 20.5 Å². The molecule has 0 aliphatic carbocycles. The lowest BCUT2D eigenvalue weighted by molar-refractivity contribution is 0.0624. The zero-order valence-corrected chi connectivity index (χ0v) is 22.7. The van der Waals surface area contributed by atoms with Gasteiger partial charge in [0.25, 0.3) is 0 Å². The number of ether oxygens (including phenoxy) is 2. The summed E-state index contributed by atoms with van der Waals surface area (Å²) in [6.45, 7) is 15.4. The van der Waals surface area contributed by atoms with Crippen molar-refractivity contribution in [1.82, 2.24) is 0 Å². The van der Waals surface area contributed by atoms with Crippen molar-refractivity contribution < 1.29 is 19.1 Å². The van der Waals surface area contributed by atoms with Crippen LogP contribution in [-0.4, -0.2) is 23.4 Å². The van der Waals surface area contributed by atoms with E-state index in [0.29, 0.717) is 23.5 Å². The van der Waals surface area contributed by atoms with Crippen molar-refractivity contribution in [3.63, 3.8) is 0 Å². The van der Waals surface area contributed by atoms with Gasteiger partial charge in [-0.2, -0.15) is 5.26 Å². The van der Waals surface area contributed by atoms with Crippen LogP contribution >= 0.6 is 0 Å². The van der Waals surface area contributed by atoms with Crippen LogP contribution in [0.3, 0.4) is 0 Å². The van der Waals surface area contributed by atoms with E-state index in [2.05, 4.69) is 23.6 Å². The van der Waals surface area contributed by atoms with Crippen LogP contribution in [0.25, 0.3) is 0 Å². The second-order valence-corrected chi connectivity index (χ2v) is 10.1. The van der Waals surface area contributed by atoms with Gasteiger partial charge < -0.3 is 15.2 Å². The fourth-order valence-corrected chi connectivity index (χ4v) is 3.15. The highest BCUT2D eigenvalue weighted by atomic mass is 16.6. The maximum absolute atomic E-state index is 11.6. The van der Waals surface area contributed by atoms with E-state index in [1.807, 2.05) is 52.0 Å². The van der Waals surface area contributed by atoms with Crippen molar-refractivity contribution in [3.8, 4) is 6.07 Å². The molecule has 0 radical (unpaired) electrons. The predicted molar refractivity (Wildman–Crippen MR) is 144 cm³/mol. The van der Waals surface area contributed by atoms with Crippen LogP contribution in [0.1, 0.15) is 77.6 Å². The van der Waals surface area contributed by atoms with Gasteiger partial charge in [-0.15, -0.1) is 0 Å². The molecule has 0 atom stereocenters. The molecule has 4 N–H and O–H groups in total. The Bertz CT molecular complexity index is 1080. The van der Waals surface area contributed by atoms with E-state index in [9.17, 15) is 9.59 Å². The number of amides is 2. The molecule has 8 nitrogen and oxygen atoms in total. The molecule has 36 heavy (non-hydrogen) atoms. The van der Waals surface area contributed by atoms with E-state index < -0.39 is 23.4 Å². The molecule has 2 amide bonds. The zero-order valence-electron chi connectivity index (χ0n) is 22.7. The minimum atomic E-state index is -0.536. The van der Waals surface area contributed by atoms with Gasteiger partial charge in [-0.05, 0) is 95.3 Å². The molecule has 0 unspecified atom stereocenters. The van der Waals surface area contributed by atoms with Gasteiger partial charge in [-0.1, -0.05) is 26.0 Å². The largest absolute Gasteiger partial charge is 0.444 e. The summed E-state index contributed by atoms with van der Waals surface area (Å²) in [6.07, 6.45) is 0.750. The predicted octanol–water partition coefficient (Wildman–Crippen LogP) is 6.52. The Balaban J connectivity index is 0.000000360. The van der Waals surface area contributed by atoms with Crippen LogP contribution in [-0.2, 0) is 28.9 Å². The Morgan fingerprint density at radius 3 is 1.64 bits per heavy atom. The number of benzene rings is 2. The van der Waals surface area contributed by atoms with E-state index in [1.165, 1.54) is 5.56 Å². The molecule has 0 aromatic heterocycles. The summed E-state index contributed by atoms with van der Waals surface area (Å²) in [5, 5.41) is 14.3. The minimum Gasteiger partial charge on any atom is -0.444 e. The summed E-state index contributed by atoms with van der Waals surface area (Å²) in [5.74, 6) is 0. The zero-order chi connectivity index (χ0) is 27.5. The first-order chi connectivity index (χ1) is 16.7. The lowest BCUT2D eigenvalue weighted by Gasteiger charge is -2.20. The molecule has 196 valence electrons. The lowest BCUT2D eigenvalue weighted by Crippen LogP contribution is -2.27. The average Bonchev–Trinajstić information content (AvgIpc) is 2.76. The summed E-state index contributed by atoms with van der Waals surface area (Å²) in [5.41, 5.74) is 9.72. The Labute approximate surface area is 215 Å². The highest BCUT2D eigenvalue weighted by Crippen LogP contribution is 2.18. The first kappa shape index (κ1) is 30.5. The number of carbonyl (C=O) groups is 2. The number of nitrogens with two attached hydrogens (primary N) is 1. The van der Waals surface area contributed by atoms with E-state index >= 15 is 0 Å². The maximum atomic E-state index is 11.6. The van der Waals surface area contributed by atoms with Gasteiger partial charge in [-0.3, -0.25) is 10.6 Å². The third-order valence-electron chi connectivity index (χ3n) is 4.71. The van der Waals surface area contributed by atoms with Crippen molar-refractivity contribution in [2.45, 2.75) is 86.0 Å². The third kappa shape index (κ3) is 11.2. The molecule has 0 bridgehead atoms. The average molecular weight is 497 g/mol. The summed E-state index contributed by atoms with van der Waals surface area (Å²) in [7, 11) is 0. The second kappa shape index (κ2) is 13.5. The number of nitriles is 1. The van der Waals surface area contributed by atoms with Gasteiger partial charge in [0.15, 0.2) is 0 Å². The molecule has 8 heteroatoms. The normalized spacial score (nSPS) is 10.9. The van der Waals surface area contributed by atoms with Crippen molar-refractivity contribution in [2.75, 3.05) is 10.6 Å². The molecule has 0 saturated heterocycles. The second-order valence-electron chi connectivity index (χ2n) is 10.1. The van der Waals surface area contributed by atoms with Gasteiger partial charge in [0, 0.05) is 17.9 Å². The van der Waals surface area contributed by atoms with Gasteiger partial charge in [-0.25, -0.2) is 9.59 Å². The van der Waals surface area contributed by atoms with Crippen LogP contribution in [0.5, 0.6) is 0 Å². The molecule has 0 spiro atoms. The molecule has 2 aromatic carbocycles. The quantitative estimate of drug-likeness (QED) is 0.432. The van der Waals surface area contributed by atoms with Crippen molar-refractivity contribution >= 4 is 23.6 Å². The summed E-state index contributed by atoms with van der Waals surface area (Å²) in [6, 6.07) is 13.1. The van der Waals surface area contributed by atoms with Gasteiger partial charge in [0.1, 0.15) is 11.2 Å². The minimum absolute atomic E-state index is 0.449. The summed E-state index contributed by atoms with van der Waals surface area (Å²) in [4.78, 5) is 23.2. The third-order valence-corrected chi connectivity index (χ3v) is 4.71. The topological polar surface area (TPSA) is 126 Å². The van der Waals surface area contributed by atoms with Gasteiger partial charge in [0.05, 0.1) is 11.6 Å². The van der Waals surface area contributed by atoms with E-state index in [0.717, 1.165) is 24.0 Å². The number of carbonyl (C=O) groups excluding carboxylic acids is 2. The molecular formula is C28H40N4O4. The number of anilines is 2. The van der Waals surface area contributed by atoms with Gasteiger partial charge >= 0.3 is 12.2 Å². The van der Waals surface area contributed by atoms with Crippen LogP contribution < -0.4 is 16.4 Å². The van der Waals surface area contributed by atoms with Crippen molar-refractivity contribution in [1.29, 1.82) is 5.26 Å². The van der Waals surface area contributed by atoms with Crippen LogP contribution in [0.4, 0.5) is 21.0 Å². The Kier molecular flexibility index (Phi) is 11.4. The molecule has 0 aliphatic heterocycles. The summed E-state index contributed by atoms with van der Waals surface area (Å²) >= 11 is 0. The fourth-order valence-electron chi connectivity index (χ4n) is 3.15. The van der Waals surface area contributed by atoms with Crippen molar-refractivity contribution in [3.05, 3.63) is 58.7 Å². The number of aryl methyl sites for hydroxylation is 2. The number of nitrogens with zero attached hydrogens (tertiary/aromatic N) is 1. The van der Waals surface area contributed by atoms with Crippen molar-refractivity contribution in [2.24, 2.45) is 5.73 Å². The van der Waals surface area contributed by atoms with Crippen LogP contribution in [0.2, 0.25) is 0 Å². The Morgan fingerprint density at radius 2 is 1.25 bits per heavy atom. The molecule has 2 rings (SSSR count). The van der Waals surface area contributed by atoms with E-state index in [1.54, 1.807) is 32.9 Å². The fraction of sp³-hybridized carbons (Fsp3) is 0.464. The van der Waals surface area contributed by atoms with E-state index in [-0.39, 0.29) is 0 Å². The SMILES string of the molecule is CCc1ccc(NC(=O)OC(C)(C)C)cc1C#N.CCc1ccc(NC(=O)OC(C)(C)C)cc1CN. The molecule has 0 heterocycles. The van der Waals surface area contributed by atoms with Crippen LogP contribution in [0, 0.1) is 11.3 Å². The Hall–Kier alpha value is -3.57. The molecular weight excluding hydrogens is 456 g/mol. The monoisotopic (exact) mass is 496 g/mol. The highest BCUT2D eigenvalue weighted by molar-refractivity contribution is 5.85. The van der Waals surface area contributed by atoms with Crippen LogP contribution in [0.15, 0.2) is 36.4 Å².